The Morgan fingerprint density at radius 3 is 2.50 bits per heavy atom. The highest BCUT2D eigenvalue weighted by Gasteiger charge is 2.10. The zero-order chi connectivity index (χ0) is 13.2. The minimum Gasteiger partial charge on any atom is -0.341 e. The Labute approximate surface area is 116 Å². The Morgan fingerprint density at radius 1 is 1.22 bits per heavy atom. The van der Waals surface area contributed by atoms with Gasteiger partial charge in [0.25, 0.3) is 0 Å². The molecule has 0 saturated heterocycles. The van der Waals surface area contributed by atoms with E-state index in [0.29, 0.717) is 0 Å². The second kappa shape index (κ2) is 5.24. The lowest BCUT2D eigenvalue weighted by Crippen LogP contribution is -2.35. The summed E-state index contributed by atoms with van der Waals surface area (Å²) in [6, 6.07) is 8.13. The maximum absolute atomic E-state index is 4.41. The van der Waals surface area contributed by atoms with Crippen LogP contribution in [-0.2, 0) is 6.54 Å². The van der Waals surface area contributed by atoms with E-state index in [1.807, 2.05) is 30.5 Å². The van der Waals surface area contributed by atoms with E-state index in [0.717, 1.165) is 28.1 Å². The summed E-state index contributed by atoms with van der Waals surface area (Å²) < 4.78 is 1.08. The summed E-state index contributed by atoms with van der Waals surface area (Å²) >= 11 is 3.43. The third-order valence-corrected chi connectivity index (χ3v) is 3.08. The first-order chi connectivity index (χ1) is 8.44. The fraction of sp³-hybridized carbons (Fsp3) is 0.357. The summed E-state index contributed by atoms with van der Waals surface area (Å²) in [5, 5.41) is 3.43. The number of hydrogen-bond acceptors (Lipinski definition) is 2. The van der Waals surface area contributed by atoms with Crippen LogP contribution in [0.5, 0.6) is 0 Å². The number of benzene rings is 1. The molecule has 3 nitrogen and oxygen atoms in total. The Kier molecular flexibility index (Phi) is 3.88. The number of imidazole rings is 1. The van der Waals surface area contributed by atoms with Crippen molar-refractivity contribution in [1.82, 2.24) is 15.3 Å². The van der Waals surface area contributed by atoms with E-state index >= 15 is 0 Å². The van der Waals surface area contributed by atoms with Gasteiger partial charge in [-0.25, -0.2) is 4.98 Å². The zero-order valence-electron chi connectivity index (χ0n) is 10.9. The molecule has 0 aliphatic heterocycles. The van der Waals surface area contributed by atoms with Gasteiger partial charge >= 0.3 is 0 Å². The molecule has 0 aliphatic carbocycles. The summed E-state index contributed by atoms with van der Waals surface area (Å²) in [5.74, 6) is 0.910. The highest BCUT2D eigenvalue weighted by Crippen LogP contribution is 2.19. The molecular weight excluding hydrogens is 290 g/mol. The molecule has 1 aromatic heterocycles. The van der Waals surface area contributed by atoms with Crippen molar-refractivity contribution in [2.45, 2.75) is 32.9 Å². The molecule has 0 amide bonds. The maximum Gasteiger partial charge on any atom is 0.137 e. The van der Waals surface area contributed by atoms with Crippen LogP contribution in [0.15, 0.2) is 34.9 Å². The molecule has 0 aliphatic rings. The summed E-state index contributed by atoms with van der Waals surface area (Å²) in [7, 11) is 0. The van der Waals surface area contributed by atoms with Crippen LogP contribution in [-0.4, -0.2) is 15.5 Å². The molecule has 0 bridgehead atoms. The molecule has 0 spiro atoms. The highest BCUT2D eigenvalue weighted by atomic mass is 79.9. The van der Waals surface area contributed by atoms with Gasteiger partial charge in [0.05, 0.1) is 0 Å². The number of hydrogen-bond donors (Lipinski definition) is 2. The molecule has 1 aromatic carbocycles. The van der Waals surface area contributed by atoms with Gasteiger partial charge in [0.15, 0.2) is 0 Å². The number of aromatic amines is 1. The molecule has 0 unspecified atom stereocenters. The minimum atomic E-state index is 0.114. The van der Waals surface area contributed by atoms with Gasteiger partial charge < -0.3 is 10.3 Å². The van der Waals surface area contributed by atoms with Crippen molar-refractivity contribution >= 4 is 15.9 Å². The molecule has 2 rings (SSSR count). The number of rotatable bonds is 3. The molecule has 18 heavy (non-hydrogen) atoms. The molecule has 1 heterocycles. The molecular formula is C14H18BrN3. The van der Waals surface area contributed by atoms with E-state index in [1.165, 1.54) is 0 Å². The predicted molar refractivity (Wildman–Crippen MR) is 78.3 cm³/mol. The molecule has 2 N–H and O–H groups in total. The van der Waals surface area contributed by atoms with Crippen LogP contribution in [0.2, 0.25) is 0 Å². The fourth-order valence-corrected chi connectivity index (χ4v) is 1.83. The van der Waals surface area contributed by atoms with Crippen molar-refractivity contribution in [2.75, 3.05) is 0 Å². The van der Waals surface area contributed by atoms with Crippen LogP contribution in [0.4, 0.5) is 0 Å². The van der Waals surface area contributed by atoms with E-state index in [1.54, 1.807) is 0 Å². The topological polar surface area (TPSA) is 40.7 Å². The van der Waals surface area contributed by atoms with Crippen LogP contribution in [0, 0.1) is 0 Å². The van der Waals surface area contributed by atoms with E-state index < -0.39 is 0 Å². The summed E-state index contributed by atoms with van der Waals surface area (Å²) in [6.45, 7) is 7.25. The van der Waals surface area contributed by atoms with Gasteiger partial charge in [0.1, 0.15) is 5.82 Å². The van der Waals surface area contributed by atoms with Crippen LogP contribution in [0.1, 0.15) is 26.5 Å². The van der Waals surface area contributed by atoms with E-state index in [4.69, 9.17) is 0 Å². The lowest BCUT2D eigenvalue weighted by atomic mass is 10.1. The van der Waals surface area contributed by atoms with Crippen molar-refractivity contribution < 1.29 is 0 Å². The van der Waals surface area contributed by atoms with Gasteiger partial charge in [-0.3, -0.25) is 0 Å². The molecule has 4 heteroatoms. The number of halogens is 1. The van der Waals surface area contributed by atoms with E-state index in [-0.39, 0.29) is 5.54 Å². The third-order valence-electron chi connectivity index (χ3n) is 2.56. The van der Waals surface area contributed by atoms with Gasteiger partial charge in [0, 0.05) is 34.0 Å². The van der Waals surface area contributed by atoms with Crippen LogP contribution >= 0.6 is 15.9 Å². The van der Waals surface area contributed by atoms with Crippen molar-refractivity contribution in [3.63, 3.8) is 0 Å². The normalized spacial score (nSPS) is 11.8. The second-order valence-corrected chi connectivity index (χ2v) is 6.28. The van der Waals surface area contributed by atoms with E-state index in [9.17, 15) is 0 Å². The molecule has 0 fully saturated rings. The van der Waals surface area contributed by atoms with Crippen molar-refractivity contribution in [1.29, 1.82) is 0 Å². The Morgan fingerprint density at radius 2 is 1.89 bits per heavy atom. The first-order valence-electron chi connectivity index (χ1n) is 5.99. The fourth-order valence-electron chi connectivity index (χ4n) is 1.56. The summed E-state index contributed by atoms with van der Waals surface area (Å²) in [4.78, 5) is 7.74. The van der Waals surface area contributed by atoms with Crippen molar-refractivity contribution in [2.24, 2.45) is 0 Å². The summed E-state index contributed by atoms with van der Waals surface area (Å²) in [6.07, 6.45) is 1.89. The number of nitrogens with one attached hydrogen (secondary N) is 2. The first kappa shape index (κ1) is 13.3. The van der Waals surface area contributed by atoms with Crippen LogP contribution < -0.4 is 5.32 Å². The molecule has 0 saturated carbocycles. The maximum atomic E-state index is 4.41. The smallest absolute Gasteiger partial charge is 0.137 e. The van der Waals surface area contributed by atoms with Gasteiger partial charge in [-0.05, 0) is 32.9 Å². The Hall–Kier alpha value is -1.13. The monoisotopic (exact) mass is 307 g/mol. The molecule has 0 atom stereocenters. The predicted octanol–water partition coefficient (Wildman–Crippen LogP) is 3.73. The Balaban J connectivity index is 2.08. The quantitative estimate of drug-likeness (QED) is 0.907. The standard InChI is InChI=1S/C14H18BrN3/c1-14(2,3)17-9-12-8-16-13(18-12)10-4-6-11(15)7-5-10/h4-8,17H,9H2,1-3H3,(H,16,18). The number of aromatic nitrogens is 2. The average molecular weight is 308 g/mol. The van der Waals surface area contributed by atoms with Crippen molar-refractivity contribution in [3.8, 4) is 11.4 Å². The number of H-pyrrole nitrogens is 1. The molecule has 96 valence electrons. The zero-order valence-corrected chi connectivity index (χ0v) is 12.5. The van der Waals surface area contributed by atoms with Gasteiger partial charge in [0.2, 0.25) is 0 Å². The number of nitrogens with zero attached hydrogens (tertiary/aromatic N) is 1. The SMILES string of the molecule is CC(C)(C)NCc1cnc(-c2ccc(Br)cc2)[nH]1. The van der Waals surface area contributed by atoms with E-state index in [2.05, 4.69) is 52.0 Å². The van der Waals surface area contributed by atoms with Gasteiger partial charge in [-0.1, -0.05) is 28.1 Å². The average Bonchev–Trinajstić information content (AvgIpc) is 2.75. The first-order valence-corrected chi connectivity index (χ1v) is 6.78. The lowest BCUT2D eigenvalue weighted by Gasteiger charge is -2.19. The molecule has 2 aromatic rings. The molecule has 0 radical (unpaired) electrons. The third kappa shape index (κ3) is 3.68. The second-order valence-electron chi connectivity index (χ2n) is 5.37. The van der Waals surface area contributed by atoms with Gasteiger partial charge in [-0.15, -0.1) is 0 Å². The lowest BCUT2D eigenvalue weighted by molar-refractivity contribution is 0.422. The van der Waals surface area contributed by atoms with Crippen molar-refractivity contribution in [3.05, 3.63) is 40.6 Å². The highest BCUT2D eigenvalue weighted by molar-refractivity contribution is 9.10. The Bertz CT molecular complexity index is 509. The van der Waals surface area contributed by atoms with Crippen LogP contribution in [0.25, 0.3) is 11.4 Å². The van der Waals surface area contributed by atoms with Crippen LogP contribution in [0.3, 0.4) is 0 Å². The largest absolute Gasteiger partial charge is 0.341 e. The summed E-state index contributed by atoms with van der Waals surface area (Å²) in [5.41, 5.74) is 2.31. The van der Waals surface area contributed by atoms with Gasteiger partial charge in [-0.2, -0.15) is 0 Å². The minimum absolute atomic E-state index is 0.114.